The molecule has 0 aliphatic heterocycles. The molecule has 0 radical (unpaired) electrons. The molecule has 0 saturated heterocycles. The van der Waals surface area contributed by atoms with Gasteiger partial charge >= 0.3 is 0 Å². The lowest BCUT2D eigenvalue weighted by Crippen LogP contribution is -2.11. The van der Waals surface area contributed by atoms with E-state index >= 15 is 0 Å². The molecule has 7 rings (SSSR count). The first-order valence-electron chi connectivity index (χ1n) is 13.5. The molecule has 0 saturated carbocycles. The summed E-state index contributed by atoms with van der Waals surface area (Å²) in [5, 5.41) is 4.37. The molecule has 0 aliphatic rings. The fraction of sp³-hybridized carbons (Fsp3) is 0.0811. The van der Waals surface area contributed by atoms with E-state index in [1.807, 2.05) is 31.2 Å². The first-order valence-corrected chi connectivity index (χ1v) is 13.5. The van der Waals surface area contributed by atoms with Gasteiger partial charge in [0, 0.05) is 27.2 Å². The highest BCUT2D eigenvalue weighted by atomic mass is 16.3. The summed E-state index contributed by atoms with van der Waals surface area (Å²) >= 11 is 0. The molecule has 7 aromatic rings. The Morgan fingerprint density at radius 2 is 1.18 bits per heavy atom. The first-order chi connectivity index (χ1) is 19.5. The number of fused-ring (bicyclic) bond motifs is 6. The highest BCUT2D eigenvalue weighted by molar-refractivity contribution is 6.13. The number of benzene rings is 5. The van der Waals surface area contributed by atoms with E-state index in [1.165, 1.54) is 16.7 Å². The van der Waals surface area contributed by atoms with Crippen LogP contribution in [-0.2, 0) is 0 Å². The van der Waals surface area contributed by atoms with Gasteiger partial charge in [-0.3, -0.25) is 0 Å². The second kappa shape index (κ2) is 9.32. The Morgan fingerprint density at radius 3 is 1.73 bits per heavy atom. The molecule has 0 spiro atoms. The molecule has 0 amide bonds. The van der Waals surface area contributed by atoms with E-state index in [0.717, 1.165) is 66.5 Å². The Morgan fingerprint density at radius 1 is 0.650 bits per heavy atom. The summed E-state index contributed by atoms with van der Waals surface area (Å²) in [5.74, 6) is 0. The van der Waals surface area contributed by atoms with Gasteiger partial charge in [-0.1, -0.05) is 85.0 Å². The van der Waals surface area contributed by atoms with Crippen molar-refractivity contribution in [1.29, 1.82) is 0 Å². The smallest absolute Gasteiger partial charge is 0.159 e. The largest absolute Gasteiger partial charge is 0.454 e. The first kappa shape index (κ1) is 24.1. The van der Waals surface area contributed by atoms with E-state index in [1.54, 1.807) is 0 Å². The number of para-hydroxylation sites is 4. The van der Waals surface area contributed by atoms with Crippen molar-refractivity contribution in [3.63, 3.8) is 0 Å². The fourth-order valence-electron chi connectivity index (χ4n) is 5.85. The Labute approximate surface area is 233 Å². The van der Waals surface area contributed by atoms with Crippen LogP contribution in [0.25, 0.3) is 49.5 Å². The van der Waals surface area contributed by atoms with Crippen LogP contribution in [0.4, 0.5) is 17.1 Å². The standard InChI is InChI=1S/C37H29NO2/c1-23(2)21-25(4)31-22-26(20-19-24(31)3)38(32-15-9-13-29-27-11-5-7-17-34(27)39-36(29)32)33-16-10-14-30-28-12-6-8-18-35(28)40-37(30)33/h5-22H,1H2,2-4H3/b25-21+. The zero-order valence-corrected chi connectivity index (χ0v) is 22.9. The van der Waals surface area contributed by atoms with Gasteiger partial charge < -0.3 is 13.7 Å². The minimum Gasteiger partial charge on any atom is -0.454 e. The van der Waals surface area contributed by atoms with Crippen molar-refractivity contribution in [3.8, 4) is 0 Å². The SMILES string of the molecule is C=C(C)/C=C(\C)c1cc(N(c2cccc3c2oc2ccccc23)c2cccc3c2oc2ccccc23)ccc1C. The van der Waals surface area contributed by atoms with E-state index in [0.29, 0.717) is 0 Å². The second-order valence-electron chi connectivity index (χ2n) is 10.5. The average molecular weight is 520 g/mol. The Balaban J connectivity index is 1.56. The van der Waals surface area contributed by atoms with Gasteiger partial charge in [0.1, 0.15) is 11.2 Å². The number of rotatable bonds is 5. The number of hydrogen-bond acceptors (Lipinski definition) is 3. The number of aryl methyl sites for hydroxylation is 1. The molecule has 2 aromatic heterocycles. The van der Waals surface area contributed by atoms with Crippen molar-refractivity contribution in [2.75, 3.05) is 4.90 Å². The molecule has 0 atom stereocenters. The van der Waals surface area contributed by atoms with Gasteiger partial charge in [-0.2, -0.15) is 0 Å². The molecule has 194 valence electrons. The molecule has 3 nitrogen and oxygen atoms in total. The molecule has 2 heterocycles. The predicted molar refractivity (Wildman–Crippen MR) is 169 cm³/mol. The Hall–Kier alpha value is -5.02. The highest BCUT2D eigenvalue weighted by Gasteiger charge is 2.23. The molecule has 3 heteroatoms. The summed E-state index contributed by atoms with van der Waals surface area (Å²) in [4.78, 5) is 2.27. The molecule has 40 heavy (non-hydrogen) atoms. The number of nitrogens with zero attached hydrogens (tertiary/aromatic N) is 1. The third-order valence-electron chi connectivity index (χ3n) is 7.62. The van der Waals surface area contributed by atoms with Crippen molar-refractivity contribution < 1.29 is 8.83 Å². The van der Waals surface area contributed by atoms with Crippen LogP contribution in [0.5, 0.6) is 0 Å². The number of allylic oxidation sites excluding steroid dienone is 3. The van der Waals surface area contributed by atoms with Crippen molar-refractivity contribution >= 4 is 66.5 Å². The molecule has 0 aliphatic carbocycles. The molecule has 0 unspecified atom stereocenters. The maximum atomic E-state index is 6.54. The van der Waals surface area contributed by atoms with Gasteiger partial charge in [0.05, 0.1) is 11.4 Å². The summed E-state index contributed by atoms with van der Waals surface area (Å²) in [7, 11) is 0. The van der Waals surface area contributed by atoms with E-state index in [4.69, 9.17) is 8.83 Å². The zero-order chi connectivity index (χ0) is 27.4. The van der Waals surface area contributed by atoms with Gasteiger partial charge in [0.2, 0.25) is 0 Å². The molecular formula is C37H29NO2. The van der Waals surface area contributed by atoms with Gasteiger partial charge in [-0.05, 0) is 73.9 Å². The van der Waals surface area contributed by atoms with Crippen LogP contribution >= 0.6 is 0 Å². The number of furan rings is 2. The summed E-state index contributed by atoms with van der Waals surface area (Å²) in [6, 6.07) is 35.8. The van der Waals surface area contributed by atoms with Gasteiger partial charge in [-0.15, -0.1) is 0 Å². The molecule has 5 aromatic carbocycles. The van der Waals surface area contributed by atoms with Crippen LogP contribution in [-0.4, -0.2) is 0 Å². The summed E-state index contributed by atoms with van der Waals surface area (Å²) < 4.78 is 13.1. The van der Waals surface area contributed by atoms with Crippen molar-refractivity contribution in [1.82, 2.24) is 0 Å². The van der Waals surface area contributed by atoms with Crippen molar-refractivity contribution in [3.05, 3.63) is 132 Å². The normalized spacial score (nSPS) is 12.1. The van der Waals surface area contributed by atoms with Crippen LogP contribution in [0, 0.1) is 6.92 Å². The van der Waals surface area contributed by atoms with E-state index in [9.17, 15) is 0 Å². The topological polar surface area (TPSA) is 29.5 Å². The zero-order valence-electron chi connectivity index (χ0n) is 22.9. The summed E-state index contributed by atoms with van der Waals surface area (Å²) in [6.07, 6.45) is 2.14. The molecule has 0 bridgehead atoms. The van der Waals surface area contributed by atoms with Crippen LogP contribution in [0.3, 0.4) is 0 Å². The van der Waals surface area contributed by atoms with Gasteiger partial charge in [-0.25, -0.2) is 0 Å². The lowest BCUT2D eigenvalue weighted by atomic mass is 9.98. The lowest BCUT2D eigenvalue weighted by molar-refractivity contribution is 0.666. The Bertz CT molecular complexity index is 2010. The molecule has 0 fully saturated rings. The van der Waals surface area contributed by atoms with Crippen LogP contribution in [0.1, 0.15) is 25.0 Å². The number of hydrogen-bond donors (Lipinski definition) is 0. The third-order valence-corrected chi connectivity index (χ3v) is 7.62. The van der Waals surface area contributed by atoms with Crippen LogP contribution < -0.4 is 4.90 Å². The van der Waals surface area contributed by atoms with E-state index in [-0.39, 0.29) is 0 Å². The maximum absolute atomic E-state index is 6.54. The molecular weight excluding hydrogens is 490 g/mol. The van der Waals surface area contributed by atoms with E-state index in [2.05, 4.69) is 110 Å². The summed E-state index contributed by atoms with van der Waals surface area (Å²) in [5.41, 5.74) is 11.0. The highest BCUT2D eigenvalue weighted by Crippen LogP contribution is 2.46. The minimum atomic E-state index is 0.841. The van der Waals surface area contributed by atoms with Crippen molar-refractivity contribution in [2.45, 2.75) is 20.8 Å². The van der Waals surface area contributed by atoms with Gasteiger partial charge in [0.15, 0.2) is 11.2 Å². The van der Waals surface area contributed by atoms with Crippen LogP contribution in [0.15, 0.2) is 130 Å². The number of anilines is 3. The third kappa shape index (κ3) is 3.82. The average Bonchev–Trinajstić information content (AvgIpc) is 3.53. The molecule has 0 N–H and O–H groups in total. The van der Waals surface area contributed by atoms with Crippen molar-refractivity contribution in [2.24, 2.45) is 0 Å². The Kier molecular flexibility index (Phi) is 5.60. The predicted octanol–water partition coefficient (Wildman–Crippen LogP) is 11.2. The monoisotopic (exact) mass is 519 g/mol. The van der Waals surface area contributed by atoms with Gasteiger partial charge in [0.25, 0.3) is 0 Å². The summed E-state index contributed by atoms with van der Waals surface area (Å²) in [6.45, 7) is 10.4. The quantitative estimate of drug-likeness (QED) is 0.212. The van der Waals surface area contributed by atoms with E-state index < -0.39 is 0 Å². The maximum Gasteiger partial charge on any atom is 0.159 e. The minimum absolute atomic E-state index is 0.841. The fourth-order valence-corrected chi connectivity index (χ4v) is 5.85. The van der Waals surface area contributed by atoms with Crippen LogP contribution in [0.2, 0.25) is 0 Å². The second-order valence-corrected chi connectivity index (χ2v) is 10.5. The lowest BCUT2D eigenvalue weighted by Gasteiger charge is -2.26.